The van der Waals surface area contributed by atoms with Gasteiger partial charge in [0.1, 0.15) is 5.75 Å². The Kier molecular flexibility index (Phi) is 3.34. The van der Waals surface area contributed by atoms with Gasteiger partial charge in [0.05, 0.1) is 7.11 Å². The van der Waals surface area contributed by atoms with Gasteiger partial charge in [-0.05, 0) is 42.7 Å². The highest BCUT2D eigenvalue weighted by Gasteiger charge is 2.39. The summed E-state index contributed by atoms with van der Waals surface area (Å²) in [5.41, 5.74) is 10.4. The molecule has 2 aromatic rings. The summed E-state index contributed by atoms with van der Waals surface area (Å²) in [6, 6.07) is 13.5. The zero-order valence-electron chi connectivity index (χ0n) is 13.2. The van der Waals surface area contributed by atoms with Crippen LogP contribution in [0.4, 0.5) is 5.69 Å². The lowest BCUT2D eigenvalue weighted by Crippen LogP contribution is -2.33. The van der Waals surface area contributed by atoms with Gasteiger partial charge in [0, 0.05) is 35.3 Å². The fourth-order valence-electron chi connectivity index (χ4n) is 3.97. The summed E-state index contributed by atoms with van der Waals surface area (Å²) in [5.74, 6) is 1.25. The Morgan fingerprint density at radius 1 is 1.22 bits per heavy atom. The second kappa shape index (κ2) is 5.39. The molecule has 4 heteroatoms. The van der Waals surface area contributed by atoms with Gasteiger partial charge in [-0.3, -0.25) is 4.79 Å². The highest BCUT2D eigenvalue weighted by molar-refractivity contribution is 6.07. The molecule has 2 atom stereocenters. The molecule has 4 rings (SSSR count). The van der Waals surface area contributed by atoms with E-state index < -0.39 is 0 Å². The number of carbonyl (C=O) groups excluding carboxylic acids is 1. The van der Waals surface area contributed by atoms with E-state index in [0.29, 0.717) is 12.5 Å². The maximum atomic E-state index is 12.9. The van der Waals surface area contributed by atoms with Crippen LogP contribution in [0.1, 0.15) is 33.8 Å². The Bertz CT molecular complexity index is 757. The molecule has 23 heavy (non-hydrogen) atoms. The van der Waals surface area contributed by atoms with Crippen LogP contribution in [0.15, 0.2) is 42.5 Å². The summed E-state index contributed by atoms with van der Waals surface area (Å²) in [6.45, 7) is 0.705. The van der Waals surface area contributed by atoms with Crippen molar-refractivity contribution in [3.8, 4) is 5.75 Å². The Morgan fingerprint density at radius 2 is 2.00 bits per heavy atom. The van der Waals surface area contributed by atoms with Crippen molar-refractivity contribution in [3.63, 3.8) is 0 Å². The van der Waals surface area contributed by atoms with Gasteiger partial charge in [0.2, 0.25) is 0 Å². The first-order chi connectivity index (χ1) is 11.2. The molecule has 0 bridgehead atoms. The fraction of sp³-hybridized carbons (Fsp3) is 0.316. The standard InChI is InChI=1S/C19H20N2O2/c1-23-17-8-7-16-18-13(9-14(20)10-15(17)18)11-21(16)19(22)12-5-3-2-4-6-12/h2-8,13-14H,9-11,20H2,1H3/t13-,14+/m0/s1. The minimum absolute atomic E-state index is 0.0564. The molecule has 0 saturated heterocycles. The van der Waals surface area contributed by atoms with E-state index in [1.165, 1.54) is 11.1 Å². The molecule has 1 aliphatic carbocycles. The predicted octanol–water partition coefficient (Wildman–Crippen LogP) is 2.71. The van der Waals surface area contributed by atoms with Gasteiger partial charge in [-0.1, -0.05) is 18.2 Å². The maximum absolute atomic E-state index is 12.9. The highest BCUT2D eigenvalue weighted by atomic mass is 16.5. The van der Waals surface area contributed by atoms with Crippen LogP contribution in [0, 0.1) is 0 Å². The van der Waals surface area contributed by atoms with E-state index in [1.54, 1.807) is 7.11 Å². The zero-order chi connectivity index (χ0) is 16.0. The van der Waals surface area contributed by atoms with E-state index in [2.05, 4.69) is 0 Å². The van der Waals surface area contributed by atoms with E-state index in [9.17, 15) is 4.79 Å². The van der Waals surface area contributed by atoms with Crippen LogP contribution in [0.2, 0.25) is 0 Å². The molecule has 2 aliphatic rings. The first-order valence-electron chi connectivity index (χ1n) is 8.01. The van der Waals surface area contributed by atoms with Crippen molar-refractivity contribution < 1.29 is 9.53 Å². The van der Waals surface area contributed by atoms with E-state index in [0.717, 1.165) is 29.8 Å². The molecule has 0 saturated carbocycles. The lowest BCUT2D eigenvalue weighted by Gasteiger charge is -2.26. The SMILES string of the molecule is COc1ccc2c3c1C[C@H](N)C[C@H]3CN2C(=O)c1ccccc1. The molecule has 1 heterocycles. The summed E-state index contributed by atoms with van der Waals surface area (Å²) in [7, 11) is 1.69. The number of nitrogens with two attached hydrogens (primary N) is 1. The molecule has 0 fully saturated rings. The Morgan fingerprint density at radius 3 is 2.74 bits per heavy atom. The molecule has 0 spiro atoms. The minimum Gasteiger partial charge on any atom is -0.496 e. The maximum Gasteiger partial charge on any atom is 0.258 e. The average Bonchev–Trinajstić information content (AvgIpc) is 2.95. The van der Waals surface area contributed by atoms with Crippen molar-refractivity contribution in [2.24, 2.45) is 5.73 Å². The smallest absolute Gasteiger partial charge is 0.258 e. The number of methoxy groups -OCH3 is 1. The van der Waals surface area contributed by atoms with E-state index in [-0.39, 0.29) is 11.9 Å². The van der Waals surface area contributed by atoms with Crippen LogP contribution >= 0.6 is 0 Å². The third-order valence-electron chi connectivity index (χ3n) is 4.93. The van der Waals surface area contributed by atoms with Gasteiger partial charge >= 0.3 is 0 Å². The molecule has 0 radical (unpaired) electrons. The number of nitrogens with zero attached hydrogens (tertiary/aromatic N) is 1. The molecule has 0 aromatic heterocycles. The topological polar surface area (TPSA) is 55.6 Å². The molecular formula is C19H20N2O2. The Labute approximate surface area is 135 Å². The number of hydrogen-bond acceptors (Lipinski definition) is 3. The highest BCUT2D eigenvalue weighted by Crippen LogP contribution is 2.47. The molecule has 4 nitrogen and oxygen atoms in total. The van der Waals surface area contributed by atoms with Gasteiger partial charge in [-0.2, -0.15) is 0 Å². The number of amides is 1. The number of anilines is 1. The Balaban J connectivity index is 1.79. The largest absolute Gasteiger partial charge is 0.496 e. The number of hydrogen-bond donors (Lipinski definition) is 1. The second-order valence-corrected chi connectivity index (χ2v) is 6.36. The fourth-order valence-corrected chi connectivity index (χ4v) is 3.97. The van der Waals surface area contributed by atoms with Crippen LogP contribution in [-0.4, -0.2) is 25.6 Å². The first-order valence-corrected chi connectivity index (χ1v) is 8.01. The summed E-state index contributed by atoms with van der Waals surface area (Å²) in [4.78, 5) is 14.8. The Hall–Kier alpha value is -2.33. The summed E-state index contributed by atoms with van der Waals surface area (Å²) >= 11 is 0. The molecule has 2 aromatic carbocycles. The zero-order valence-corrected chi connectivity index (χ0v) is 13.2. The molecule has 2 N–H and O–H groups in total. The third kappa shape index (κ3) is 2.21. The molecule has 1 aliphatic heterocycles. The first kappa shape index (κ1) is 14.3. The average molecular weight is 308 g/mol. The summed E-state index contributed by atoms with van der Waals surface area (Å²) < 4.78 is 5.51. The number of ether oxygens (including phenoxy) is 1. The van der Waals surface area contributed by atoms with Crippen molar-refractivity contribution in [3.05, 3.63) is 59.2 Å². The monoisotopic (exact) mass is 308 g/mol. The van der Waals surface area contributed by atoms with Crippen molar-refractivity contribution in [2.45, 2.75) is 24.8 Å². The third-order valence-corrected chi connectivity index (χ3v) is 4.93. The van der Waals surface area contributed by atoms with Gasteiger partial charge in [-0.25, -0.2) is 0 Å². The van der Waals surface area contributed by atoms with Crippen molar-refractivity contribution in [1.29, 1.82) is 0 Å². The van der Waals surface area contributed by atoms with Crippen LogP contribution in [-0.2, 0) is 6.42 Å². The molecule has 0 unspecified atom stereocenters. The number of benzene rings is 2. The van der Waals surface area contributed by atoms with Crippen LogP contribution < -0.4 is 15.4 Å². The summed E-state index contributed by atoms with van der Waals surface area (Å²) in [6.07, 6.45) is 1.74. The lowest BCUT2D eigenvalue weighted by molar-refractivity contribution is 0.0988. The van der Waals surface area contributed by atoms with Gasteiger partial charge in [0.25, 0.3) is 5.91 Å². The molecule has 1 amide bonds. The van der Waals surface area contributed by atoms with E-state index >= 15 is 0 Å². The van der Waals surface area contributed by atoms with Crippen molar-refractivity contribution >= 4 is 11.6 Å². The van der Waals surface area contributed by atoms with Crippen LogP contribution in [0.25, 0.3) is 0 Å². The van der Waals surface area contributed by atoms with Crippen molar-refractivity contribution in [1.82, 2.24) is 0 Å². The lowest BCUT2D eigenvalue weighted by atomic mass is 9.81. The van der Waals surface area contributed by atoms with Gasteiger partial charge in [0.15, 0.2) is 0 Å². The molecule has 118 valence electrons. The minimum atomic E-state index is 0.0564. The van der Waals surface area contributed by atoms with Gasteiger partial charge in [-0.15, -0.1) is 0 Å². The van der Waals surface area contributed by atoms with Gasteiger partial charge < -0.3 is 15.4 Å². The quantitative estimate of drug-likeness (QED) is 0.928. The van der Waals surface area contributed by atoms with Crippen molar-refractivity contribution in [2.75, 3.05) is 18.6 Å². The van der Waals surface area contributed by atoms with E-state index in [4.69, 9.17) is 10.5 Å². The summed E-state index contributed by atoms with van der Waals surface area (Å²) in [5, 5.41) is 0. The number of carbonyl (C=O) groups is 1. The second-order valence-electron chi connectivity index (χ2n) is 6.36. The predicted molar refractivity (Wildman–Crippen MR) is 90.1 cm³/mol. The van der Waals surface area contributed by atoms with Crippen LogP contribution in [0.5, 0.6) is 5.75 Å². The van der Waals surface area contributed by atoms with Crippen LogP contribution in [0.3, 0.4) is 0 Å². The molecular weight excluding hydrogens is 288 g/mol. The normalized spacial score (nSPS) is 21.9. The van der Waals surface area contributed by atoms with E-state index in [1.807, 2.05) is 47.4 Å². The number of rotatable bonds is 2.